The fraction of sp³-hybridized carbons (Fsp3) is 0.667. The van der Waals surface area contributed by atoms with Crippen molar-refractivity contribution >= 4 is 18.9 Å². The van der Waals surface area contributed by atoms with Crippen LogP contribution >= 0.6 is 12.6 Å². The van der Waals surface area contributed by atoms with Crippen LogP contribution in [0.5, 0.6) is 0 Å². The molecule has 0 amide bonds. The fourth-order valence-corrected chi connectivity index (χ4v) is 0. The van der Waals surface area contributed by atoms with Gasteiger partial charge in [0.2, 0.25) is 0 Å². The fourth-order valence-electron chi connectivity index (χ4n) is 0. The van der Waals surface area contributed by atoms with Gasteiger partial charge in [0.15, 0.2) is 0 Å². The van der Waals surface area contributed by atoms with E-state index in [9.17, 15) is 0 Å². The van der Waals surface area contributed by atoms with Gasteiger partial charge in [0.25, 0.3) is 0 Å². The van der Waals surface area contributed by atoms with Crippen molar-refractivity contribution < 1.29 is 4.79 Å². The van der Waals surface area contributed by atoms with E-state index in [0.29, 0.717) is 0 Å². The summed E-state index contributed by atoms with van der Waals surface area (Å²) in [6.45, 7) is 10.9. The normalized spacial score (nSPS) is 4.55. The zero-order chi connectivity index (χ0) is 10.1. The van der Waals surface area contributed by atoms with Crippen LogP contribution < -0.4 is 0 Å². The van der Waals surface area contributed by atoms with Crippen molar-refractivity contribution in [2.24, 2.45) is 0 Å². The first-order valence-corrected chi connectivity index (χ1v) is 4.55. The highest BCUT2D eigenvalue weighted by Gasteiger charge is 1.35. The Balaban J connectivity index is -0.0000000301. The van der Waals surface area contributed by atoms with Crippen molar-refractivity contribution in [3.8, 4) is 0 Å². The van der Waals surface area contributed by atoms with Crippen molar-refractivity contribution in [2.75, 3.05) is 6.26 Å². The molecule has 0 aromatic carbocycles. The largest absolute Gasteiger partial charge is 0.304 e. The summed E-state index contributed by atoms with van der Waals surface area (Å²) in [5, 5.41) is 0. The predicted octanol–water partition coefficient (Wildman–Crippen LogP) is 3.36. The molecule has 0 aromatic rings. The molecule has 0 rings (SSSR count). The lowest BCUT2D eigenvalue weighted by molar-refractivity contribution is -0.106. The van der Waals surface area contributed by atoms with Gasteiger partial charge in [0.1, 0.15) is 6.29 Å². The van der Waals surface area contributed by atoms with E-state index >= 15 is 0 Å². The molecule has 0 spiro atoms. The van der Waals surface area contributed by atoms with Gasteiger partial charge in [-0.15, -0.1) is 6.58 Å². The summed E-state index contributed by atoms with van der Waals surface area (Å²) in [5.74, 6) is 0. The molecule has 0 saturated heterocycles. The Morgan fingerprint density at radius 1 is 1.27 bits per heavy atom. The number of rotatable bonds is 0. The van der Waals surface area contributed by atoms with Gasteiger partial charge in [0, 0.05) is 0 Å². The Morgan fingerprint density at radius 3 is 1.27 bits per heavy atom. The molecule has 1 nitrogen and oxygen atoms in total. The van der Waals surface area contributed by atoms with Crippen LogP contribution in [0.1, 0.15) is 34.1 Å². The molecular formula is C9H22OS. The van der Waals surface area contributed by atoms with E-state index in [1.165, 1.54) is 13.3 Å². The molecule has 0 N–H and O–H groups in total. The van der Waals surface area contributed by atoms with Crippen LogP contribution in [0, 0.1) is 0 Å². The van der Waals surface area contributed by atoms with Crippen molar-refractivity contribution in [1.29, 1.82) is 0 Å². The summed E-state index contributed by atoms with van der Waals surface area (Å²) in [6.07, 6.45) is 5.44. The summed E-state index contributed by atoms with van der Waals surface area (Å²) < 4.78 is 0. The van der Waals surface area contributed by atoms with E-state index in [2.05, 4.69) is 33.1 Å². The standard InChI is InChI=1S/C3H8.C3H6.C2H4O.CH4S/c2*1-3-2;1-2-3;1-2/h3H2,1-2H3;3H,1H2,2H3;2H,1H3;2H,1H3. The number of carbonyl (C=O) groups is 1. The maximum Gasteiger partial charge on any atom is 0.116 e. The maximum absolute atomic E-state index is 8.81. The Hall–Kier alpha value is -0.240. The second kappa shape index (κ2) is 98.3. The molecule has 0 aliphatic rings. The highest BCUT2D eigenvalue weighted by molar-refractivity contribution is 7.79. The van der Waals surface area contributed by atoms with Crippen LogP contribution in [0.25, 0.3) is 0 Å². The third kappa shape index (κ3) is 10200. The third-order valence-corrected chi connectivity index (χ3v) is 0. The first kappa shape index (κ1) is 22.4. The molecule has 0 atom stereocenters. The zero-order valence-electron chi connectivity index (χ0n) is 8.42. The lowest BCUT2D eigenvalue weighted by Gasteiger charge is -1.48. The summed E-state index contributed by atoms with van der Waals surface area (Å²) in [6, 6.07) is 0. The van der Waals surface area contributed by atoms with Gasteiger partial charge in [-0.2, -0.15) is 12.6 Å². The van der Waals surface area contributed by atoms with E-state index in [-0.39, 0.29) is 0 Å². The lowest BCUT2D eigenvalue weighted by Crippen LogP contribution is -1.36. The number of carbonyl (C=O) groups excluding carboxylic acids is 1. The van der Waals surface area contributed by atoms with Gasteiger partial charge in [-0.25, -0.2) is 0 Å². The Labute approximate surface area is 77.3 Å². The van der Waals surface area contributed by atoms with E-state index < -0.39 is 0 Å². The van der Waals surface area contributed by atoms with Crippen molar-refractivity contribution in [3.05, 3.63) is 12.7 Å². The lowest BCUT2D eigenvalue weighted by atomic mass is 10.6. The Kier molecular flexibility index (Phi) is 200. The first-order chi connectivity index (χ1) is 5.24. The van der Waals surface area contributed by atoms with Crippen molar-refractivity contribution in [1.82, 2.24) is 0 Å². The Bertz CT molecular complexity index is 38.8. The van der Waals surface area contributed by atoms with Crippen molar-refractivity contribution in [2.45, 2.75) is 34.1 Å². The molecule has 0 heterocycles. The number of thiol groups is 1. The molecule has 70 valence electrons. The molecule has 11 heavy (non-hydrogen) atoms. The van der Waals surface area contributed by atoms with Crippen LogP contribution in [0.2, 0.25) is 0 Å². The summed E-state index contributed by atoms with van der Waals surface area (Å²) >= 11 is 3.53. The van der Waals surface area contributed by atoms with Crippen LogP contribution in [-0.4, -0.2) is 12.5 Å². The maximum atomic E-state index is 8.81. The van der Waals surface area contributed by atoms with Crippen molar-refractivity contribution in [3.63, 3.8) is 0 Å². The molecule has 0 unspecified atom stereocenters. The molecule has 0 fully saturated rings. The second-order valence-corrected chi connectivity index (χ2v) is 1.35. The van der Waals surface area contributed by atoms with E-state index in [1.54, 1.807) is 12.3 Å². The number of allylic oxidation sites excluding steroid dienone is 1. The molecule has 0 radical (unpaired) electrons. The van der Waals surface area contributed by atoms with Crippen LogP contribution in [-0.2, 0) is 4.79 Å². The summed E-state index contributed by atoms with van der Waals surface area (Å²) in [5.41, 5.74) is 0. The minimum atomic E-state index is 0.750. The quantitative estimate of drug-likeness (QED) is 0.342. The van der Waals surface area contributed by atoms with Crippen LogP contribution in [0.15, 0.2) is 12.7 Å². The molecule has 2 heteroatoms. The molecule has 0 saturated carbocycles. The van der Waals surface area contributed by atoms with Gasteiger partial charge in [-0.05, 0) is 20.1 Å². The average Bonchev–Trinajstić information content (AvgIpc) is 1.96. The molecule has 0 bridgehead atoms. The highest BCUT2D eigenvalue weighted by atomic mass is 32.1. The molecule has 0 aliphatic heterocycles. The van der Waals surface area contributed by atoms with Gasteiger partial charge >= 0.3 is 0 Å². The van der Waals surface area contributed by atoms with Crippen LogP contribution in [0.3, 0.4) is 0 Å². The average molecular weight is 178 g/mol. The molecule has 0 aliphatic carbocycles. The van der Waals surface area contributed by atoms with Gasteiger partial charge < -0.3 is 4.79 Å². The monoisotopic (exact) mass is 178 g/mol. The minimum absolute atomic E-state index is 0.750. The third-order valence-electron chi connectivity index (χ3n) is 0. The van der Waals surface area contributed by atoms with Crippen LogP contribution in [0.4, 0.5) is 0 Å². The topological polar surface area (TPSA) is 17.1 Å². The zero-order valence-corrected chi connectivity index (χ0v) is 9.32. The Morgan fingerprint density at radius 2 is 1.27 bits per heavy atom. The van der Waals surface area contributed by atoms with Gasteiger partial charge in [-0.1, -0.05) is 26.3 Å². The van der Waals surface area contributed by atoms with Gasteiger partial charge in [-0.3, -0.25) is 0 Å². The SMILES string of the molecule is C=CC.CC=O.CCC.CS. The number of aldehydes is 1. The number of hydrogen-bond acceptors (Lipinski definition) is 2. The second-order valence-electron chi connectivity index (χ2n) is 1.35. The number of hydrogen-bond donors (Lipinski definition) is 1. The van der Waals surface area contributed by atoms with Gasteiger partial charge in [0.05, 0.1) is 0 Å². The van der Waals surface area contributed by atoms with E-state index in [0.717, 1.165) is 6.29 Å². The van der Waals surface area contributed by atoms with E-state index in [4.69, 9.17) is 4.79 Å². The highest BCUT2D eigenvalue weighted by Crippen LogP contribution is 1.56. The summed E-state index contributed by atoms with van der Waals surface area (Å²) in [7, 11) is 0. The molecule has 0 aromatic heterocycles. The first-order valence-electron chi connectivity index (χ1n) is 3.66. The van der Waals surface area contributed by atoms with E-state index in [1.807, 2.05) is 6.92 Å². The summed E-state index contributed by atoms with van der Waals surface area (Å²) in [4.78, 5) is 8.81. The smallest absolute Gasteiger partial charge is 0.116 e. The molecular weight excluding hydrogens is 156 g/mol. The predicted molar refractivity (Wildman–Crippen MR) is 58.5 cm³/mol. The minimum Gasteiger partial charge on any atom is -0.304 e.